The lowest BCUT2D eigenvalue weighted by molar-refractivity contribution is -0.144. The fourth-order valence-electron chi connectivity index (χ4n) is 3.19. The van der Waals surface area contributed by atoms with Crippen LogP contribution in [0.5, 0.6) is 5.75 Å². The largest absolute Gasteiger partial charge is 0.508 e. The van der Waals surface area contributed by atoms with E-state index in [1.54, 1.807) is 0 Å². The molecule has 1 aromatic carbocycles. The number of hydrogen-bond donors (Lipinski definition) is 8. The van der Waals surface area contributed by atoms with Crippen molar-refractivity contribution in [2.24, 2.45) is 11.7 Å². The first-order valence-corrected chi connectivity index (χ1v) is 11.3. The van der Waals surface area contributed by atoms with Crippen LogP contribution in [0.2, 0.25) is 0 Å². The highest BCUT2D eigenvalue weighted by molar-refractivity contribution is 5.95. The minimum Gasteiger partial charge on any atom is -0.508 e. The van der Waals surface area contributed by atoms with Crippen LogP contribution in [0.25, 0.3) is 0 Å². The number of carbonyl (C=O) groups is 6. The zero-order chi connectivity index (χ0) is 28.3. The fraction of sp³-hybridized carbons (Fsp3) is 0.478. The van der Waals surface area contributed by atoms with Gasteiger partial charge in [-0.05, 0) is 30.0 Å². The molecule has 14 nitrogen and oxygen atoms in total. The summed E-state index contributed by atoms with van der Waals surface area (Å²) >= 11 is 0. The van der Waals surface area contributed by atoms with Crippen LogP contribution in [0, 0.1) is 5.92 Å². The van der Waals surface area contributed by atoms with Crippen molar-refractivity contribution >= 4 is 35.6 Å². The van der Waals surface area contributed by atoms with Gasteiger partial charge in [-0.2, -0.15) is 0 Å². The van der Waals surface area contributed by atoms with Crippen LogP contribution in [0.4, 0.5) is 0 Å². The van der Waals surface area contributed by atoms with Gasteiger partial charge in [-0.1, -0.05) is 26.0 Å². The molecular formula is C23H32N4O10. The highest BCUT2D eigenvalue weighted by atomic mass is 16.4. The number of aliphatic carboxylic acids is 3. The smallest absolute Gasteiger partial charge is 0.326 e. The van der Waals surface area contributed by atoms with Crippen molar-refractivity contribution < 1.29 is 49.2 Å². The van der Waals surface area contributed by atoms with Gasteiger partial charge in [0.1, 0.15) is 23.9 Å². The van der Waals surface area contributed by atoms with Crippen molar-refractivity contribution in [3.8, 4) is 5.75 Å². The molecule has 37 heavy (non-hydrogen) atoms. The van der Waals surface area contributed by atoms with Crippen LogP contribution in [0.15, 0.2) is 24.3 Å². The van der Waals surface area contributed by atoms with Gasteiger partial charge < -0.3 is 42.1 Å². The molecule has 0 saturated heterocycles. The van der Waals surface area contributed by atoms with Gasteiger partial charge >= 0.3 is 17.9 Å². The van der Waals surface area contributed by atoms with E-state index >= 15 is 0 Å². The summed E-state index contributed by atoms with van der Waals surface area (Å²) in [5.41, 5.74) is 6.19. The van der Waals surface area contributed by atoms with E-state index in [0.717, 1.165) is 0 Å². The number of benzene rings is 1. The van der Waals surface area contributed by atoms with Crippen molar-refractivity contribution in [3.63, 3.8) is 0 Å². The molecule has 0 aliphatic rings. The van der Waals surface area contributed by atoms with Gasteiger partial charge in [0.25, 0.3) is 0 Å². The normalized spacial score (nSPS) is 14.1. The first-order valence-electron chi connectivity index (χ1n) is 11.3. The molecule has 4 atom stereocenters. The number of carboxylic acids is 3. The molecule has 0 heterocycles. The average Bonchev–Trinajstić information content (AvgIpc) is 2.80. The predicted molar refractivity (Wildman–Crippen MR) is 127 cm³/mol. The van der Waals surface area contributed by atoms with Crippen LogP contribution in [-0.2, 0) is 35.2 Å². The molecule has 0 bridgehead atoms. The first-order chi connectivity index (χ1) is 17.2. The Kier molecular flexibility index (Phi) is 12.0. The van der Waals surface area contributed by atoms with Crippen molar-refractivity contribution in [2.45, 2.75) is 63.7 Å². The van der Waals surface area contributed by atoms with Crippen LogP contribution >= 0.6 is 0 Å². The molecule has 0 saturated carbocycles. The topological polar surface area (TPSA) is 245 Å². The molecule has 1 aromatic rings. The summed E-state index contributed by atoms with van der Waals surface area (Å²) in [6, 6.07) is -0.0661. The second-order valence-corrected chi connectivity index (χ2v) is 8.70. The van der Waals surface area contributed by atoms with E-state index in [9.17, 15) is 44.1 Å². The number of phenolic OH excluding ortho intramolecular Hbond substituents is 1. The Morgan fingerprint density at radius 2 is 1.35 bits per heavy atom. The maximum absolute atomic E-state index is 13.1. The average molecular weight is 525 g/mol. The highest BCUT2D eigenvalue weighted by Crippen LogP contribution is 2.12. The number of aromatic hydroxyl groups is 1. The van der Waals surface area contributed by atoms with Gasteiger partial charge in [0, 0.05) is 12.8 Å². The summed E-state index contributed by atoms with van der Waals surface area (Å²) < 4.78 is 0. The maximum Gasteiger partial charge on any atom is 0.326 e. The Labute approximate surface area is 212 Å². The lowest BCUT2D eigenvalue weighted by Crippen LogP contribution is -2.58. The molecule has 0 radical (unpaired) electrons. The molecule has 0 aromatic heterocycles. The fourth-order valence-corrected chi connectivity index (χ4v) is 3.19. The quantitative estimate of drug-likeness (QED) is 0.135. The summed E-state index contributed by atoms with van der Waals surface area (Å²) in [5, 5.41) is 43.6. The molecule has 9 N–H and O–H groups in total. The van der Waals surface area contributed by atoms with Crippen LogP contribution in [0.3, 0.4) is 0 Å². The van der Waals surface area contributed by atoms with Crippen LogP contribution in [-0.4, -0.2) is 80.2 Å². The standard InChI is InChI=1S/C23H32N4O10/c1-11(2)19(23(36)37)27-22(35)16(10-18(31)32)26-21(34)15(9-12-3-5-13(28)6-4-12)25-20(33)14(24)7-8-17(29)30/h3-6,11,14-16,19,28H,7-10,24H2,1-2H3,(H,25,33)(H,26,34)(H,27,35)(H,29,30)(H,31,32)(H,36,37). The Balaban J connectivity index is 3.14. The number of carboxylic acid groups (broad SMARTS) is 3. The van der Waals surface area contributed by atoms with E-state index in [2.05, 4.69) is 16.0 Å². The molecule has 4 unspecified atom stereocenters. The Hall–Kier alpha value is -4.20. The van der Waals surface area contributed by atoms with Gasteiger partial charge in [0.05, 0.1) is 12.5 Å². The lowest BCUT2D eigenvalue weighted by atomic mass is 10.0. The Bertz CT molecular complexity index is 996. The maximum atomic E-state index is 13.1. The molecule has 0 fully saturated rings. The predicted octanol–water partition coefficient (Wildman–Crippen LogP) is -1.20. The minimum atomic E-state index is -1.68. The van der Waals surface area contributed by atoms with Gasteiger partial charge in [-0.15, -0.1) is 0 Å². The van der Waals surface area contributed by atoms with Crippen molar-refractivity contribution in [1.29, 1.82) is 0 Å². The number of hydrogen-bond acceptors (Lipinski definition) is 8. The number of phenols is 1. The van der Waals surface area contributed by atoms with E-state index in [0.29, 0.717) is 5.56 Å². The number of rotatable bonds is 15. The van der Waals surface area contributed by atoms with E-state index in [-0.39, 0.29) is 18.6 Å². The summed E-state index contributed by atoms with van der Waals surface area (Å²) in [6.45, 7) is 3.06. The third kappa shape index (κ3) is 10.9. The molecule has 204 valence electrons. The molecule has 1 rings (SSSR count). The lowest BCUT2D eigenvalue weighted by Gasteiger charge is -2.25. The molecule has 14 heteroatoms. The molecular weight excluding hydrogens is 492 g/mol. The number of amides is 3. The van der Waals surface area contributed by atoms with Gasteiger partial charge in [-0.3, -0.25) is 24.0 Å². The second kappa shape index (κ2) is 14.4. The van der Waals surface area contributed by atoms with E-state index in [4.69, 9.17) is 10.8 Å². The van der Waals surface area contributed by atoms with Crippen molar-refractivity contribution in [2.75, 3.05) is 0 Å². The van der Waals surface area contributed by atoms with E-state index in [1.165, 1.54) is 38.1 Å². The van der Waals surface area contributed by atoms with Gasteiger partial charge in [0.15, 0.2) is 0 Å². The zero-order valence-electron chi connectivity index (χ0n) is 20.3. The molecule has 0 spiro atoms. The monoisotopic (exact) mass is 524 g/mol. The number of carbonyl (C=O) groups excluding carboxylic acids is 3. The third-order valence-corrected chi connectivity index (χ3v) is 5.26. The van der Waals surface area contributed by atoms with Crippen LogP contribution in [0.1, 0.15) is 38.7 Å². The van der Waals surface area contributed by atoms with Gasteiger partial charge in [-0.25, -0.2) is 4.79 Å². The minimum absolute atomic E-state index is 0.0548. The summed E-state index contributed by atoms with van der Waals surface area (Å²) in [6.07, 6.45) is -1.65. The second-order valence-electron chi connectivity index (χ2n) is 8.70. The Morgan fingerprint density at radius 3 is 1.84 bits per heavy atom. The van der Waals surface area contributed by atoms with E-state index < -0.39 is 78.6 Å². The molecule has 0 aliphatic carbocycles. The Morgan fingerprint density at radius 1 is 0.811 bits per heavy atom. The van der Waals surface area contributed by atoms with Gasteiger partial charge in [0.2, 0.25) is 17.7 Å². The SMILES string of the molecule is CC(C)C(NC(=O)C(CC(=O)O)NC(=O)C(Cc1ccc(O)cc1)NC(=O)C(N)CCC(=O)O)C(=O)O. The zero-order valence-corrected chi connectivity index (χ0v) is 20.3. The number of nitrogens with one attached hydrogen (secondary N) is 3. The molecule has 0 aliphatic heterocycles. The van der Waals surface area contributed by atoms with Crippen molar-refractivity contribution in [3.05, 3.63) is 29.8 Å². The molecule has 3 amide bonds. The van der Waals surface area contributed by atoms with Crippen LogP contribution < -0.4 is 21.7 Å². The summed E-state index contributed by atoms with van der Waals surface area (Å²) in [4.78, 5) is 71.8. The summed E-state index contributed by atoms with van der Waals surface area (Å²) in [7, 11) is 0. The highest BCUT2D eigenvalue weighted by Gasteiger charge is 2.32. The number of nitrogens with two attached hydrogens (primary N) is 1. The first kappa shape index (κ1) is 30.8. The third-order valence-electron chi connectivity index (χ3n) is 5.26. The summed E-state index contributed by atoms with van der Waals surface area (Å²) in [5.74, 6) is -7.45. The van der Waals surface area contributed by atoms with E-state index in [1.807, 2.05) is 0 Å². The van der Waals surface area contributed by atoms with Crippen molar-refractivity contribution in [1.82, 2.24) is 16.0 Å².